The van der Waals surface area contributed by atoms with Gasteiger partial charge in [-0.05, 0) is 134 Å². The van der Waals surface area contributed by atoms with Crippen LogP contribution in [0.4, 0.5) is 9.05 Å². The second kappa shape index (κ2) is 16.4. The standard InChI is InChI=1S/C36H32F2O8.C2H6/c1-7-43-33(39)27-13-25(15-29(17-27)35(41)45-37)31-19(3)9-23(10-20(31)4)24-11-21(5)32(22(6)12-24)26-14-28(34(40)44-8-2)18-30(16-26)36(42)46-38;1-2/h9-18H,7-8H2,1-6H3;1-2H3. The molecule has 4 aromatic carbocycles. The number of carbonyl (C=O) groups is 4. The lowest BCUT2D eigenvalue weighted by Crippen LogP contribution is -2.08. The summed E-state index contributed by atoms with van der Waals surface area (Å²) in [4.78, 5) is 56.0. The van der Waals surface area contributed by atoms with Crippen molar-refractivity contribution in [3.63, 3.8) is 0 Å². The third-order valence-electron chi connectivity index (χ3n) is 7.48. The molecule has 0 atom stereocenters. The van der Waals surface area contributed by atoms with Crippen LogP contribution >= 0.6 is 0 Å². The predicted octanol–water partition coefficient (Wildman–Crippen LogP) is 9.38. The van der Waals surface area contributed by atoms with E-state index in [-0.39, 0.29) is 35.5 Å². The maximum atomic E-state index is 12.8. The first-order valence-electron chi connectivity index (χ1n) is 15.5. The Labute approximate surface area is 278 Å². The molecule has 0 heterocycles. The molecule has 0 fully saturated rings. The van der Waals surface area contributed by atoms with Crippen LogP contribution in [0.15, 0.2) is 60.7 Å². The normalized spacial score (nSPS) is 10.4. The summed E-state index contributed by atoms with van der Waals surface area (Å²) in [5, 5.41) is 0. The van der Waals surface area contributed by atoms with Gasteiger partial charge in [-0.2, -0.15) is 0 Å². The van der Waals surface area contributed by atoms with Gasteiger partial charge in [0.25, 0.3) is 0 Å². The zero-order chi connectivity index (χ0) is 35.7. The first kappa shape index (κ1) is 37.1. The Morgan fingerprint density at radius 2 is 0.729 bits per heavy atom. The molecule has 0 spiro atoms. The number of rotatable bonds is 9. The molecule has 0 unspecified atom stereocenters. The third-order valence-corrected chi connectivity index (χ3v) is 7.48. The van der Waals surface area contributed by atoms with Crippen LogP contribution in [0.1, 0.15) is 91.4 Å². The average Bonchev–Trinajstić information content (AvgIpc) is 3.07. The number of esters is 2. The van der Waals surface area contributed by atoms with E-state index in [4.69, 9.17) is 9.47 Å². The molecular weight excluding hydrogens is 622 g/mol. The highest BCUT2D eigenvalue weighted by atomic mass is 19.3. The van der Waals surface area contributed by atoms with Crippen LogP contribution < -0.4 is 0 Å². The lowest BCUT2D eigenvalue weighted by atomic mass is 9.87. The van der Waals surface area contributed by atoms with Crippen molar-refractivity contribution >= 4 is 23.9 Å². The van der Waals surface area contributed by atoms with Crippen molar-refractivity contribution in [2.45, 2.75) is 55.4 Å². The molecular formula is C38H38F2O8. The Morgan fingerprint density at radius 1 is 0.458 bits per heavy atom. The molecule has 0 radical (unpaired) electrons. The van der Waals surface area contributed by atoms with Crippen LogP contribution in [0, 0.1) is 27.7 Å². The molecule has 4 rings (SSSR count). The van der Waals surface area contributed by atoms with E-state index in [1.165, 1.54) is 24.3 Å². The molecule has 0 saturated heterocycles. The summed E-state index contributed by atoms with van der Waals surface area (Å²) in [6.07, 6.45) is 0. The highest BCUT2D eigenvalue weighted by Crippen LogP contribution is 2.37. The van der Waals surface area contributed by atoms with Crippen molar-refractivity contribution in [3.05, 3.63) is 105 Å². The van der Waals surface area contributed by atoms with Crippen LogP contribution in [0.25, 0.3) is 33.4 Å². The number of hydrogen-bond donors (Lipinski definition) is 0. The van der Waals surface area contributed by atoms with Crippen molar-refractivity contribution in [2.75, 3.05) is 13.2 Å². The molecule has 48 heavy (non-hydrogen) atoms. The van der Waals surface area contributed by atoms with E-state index >= 15 is 0 Å². The van der Waals surface area contributed by atoms with Gasteiger partial charge in [-0.15, -0.1) is 0 Å². The van der Waals surface area contributed by atoms with E-state index in [1.54, 1.807) is 26.0 Å². The SMILES string of the molecule is CC.CCOC(=O)c1cc(C(=O)OF)cc(-c2c(C)cc(-c3cc(C)c(-c4cc(C(=O)OF)cc(C(=O)OCC)c4)c(C)c3)cc2C)c1. The molecule has 10 heteroatoms. The number of carbonyl (C=O) groups excluding carboxylic acids is 4. The molecule has 0 aliphatic heterocycles. The van der Waals surface area contributed by atoms with Gasteiger partial charge in [-0.3, -0.25) is 0 Å². The topological polar surface area (TPSA) is 105 Å². The van der Waals surface area contributed by atoms with E-state index < -0.39 is 23.9 Å². The first-order valence-corrected chi connectivity index (χ1v) is 15.5. The Morgan fingerprint density at radius 3 is 0.979 bits per heavy atom. The Balaban J connectivity index is 0.00000307. The lowest BCUT2D eigenvalue weighted by molar-refractivity contribution is -0.0789. The smallest absolute Gasteiger partial charge is 0.379 e. The summed E-state index contributed by atoms with van der Waals surface area (Å²) in [6.45, 7) is 15.1. The largest absolute Gasteiger partial charge is 0.462 e. The van der Waals surface area contributed by atoms with Crippen molar-refractivity contribution in [3.8, 4) is 33.4 Å². The summed E-state index contributed by atoms with van der Waals surface area (Å²) in [5.74, 6) is -3.77. The van der Waals surface area contributed by atoms with Gasteiger partial charge in [0.2, 0.25) is 0 Å². The highest BCUT2D eigenvalue weighted by Gasteiger charge is 2.21. The average molecular weight is 661 g/mol. The number of benzene rings is 4. The zero-order valence-electron chi connectivity index (χ0n) is 28.2. The molecule has 0 aromatic heterocycles. The quantitative estimate of drug-likeness (QED) is 0.164. The van der Waals surface area contributed by atoms with Gasteiger partial charge < -0.3 is 9.47 Å². The highest BCUT2D eigenvalue weighted by molar-refractivity contribution is 5.99. The molecule has 0 aliphatic rings. The zero-order valence-corrected chi connectivity index (χ0v) is 28.2. The lowest BCUT2D eigenvalue weighted by Gasteiger charge is -2.18. The Kier molecular flexibility index (Phi) is 12.7. The van der Waals surface area contributed by atoms with E-state index in [0.29, 0.717) is 11.1 Å². The summed E-state index contributed by atoms with van der Waals surface area (Å²) >= 11 is 0. The predicted molar refractivity (Wildman–Crippen MR) is 178 cm³/mol. The second-order valence-electron chi connectivity index (χ2n) is 10.7. The molecule has 8 nitrogen and oxygen atoms in total. The summed E-state index contributed by atoms with van der Waals surface area (Å²) in [7, 11) is 0. The maximum Gasteiger partial charge on any atom is 0.379 e. The molecule has 0 amide bonds. The van der Waals surface area contributed by atoms with Crippen LogP contribution in [-0.2, 0) is 19.4 Å². The molecule has 4 aromatic rings. The van der Waals surface area contributed by atoms with Gasteiger partial charge >= 0.3 is 23.9 Å². The molecule has 0 bridgehead atoms. The summed E-state index contributed by atoms with van der Waals surface area (Å²) in [5.41, 5.74) is 7.47. The van der Waals surface area contributed by atoms with Gasteiger partial charge in [-0.25, -0.2) is 29.1 Å². The fraction of sp³-hybridized carbons (Fsp3) is 0.263. The van der Waals surface area contributed by atoms with Gasteiger partial charge in [-0.1, -0.05) is 38.1 Å². The minimum atomic E-state index is -1.23. The Hall–Kier alpha value is -5.38. The minimum Gasteiger partial charge on any atom is -0.462 e. The van der Waals surface area contributed by atoms with E-state index in [9.17, 15) is 28.2 Å². The van der Waals surface area contributed by atoms with Crippen LogP contribution in [0.2, 0.25) is 0 Å². The number of hydrogen-bond acceptors (Lipinski definition) is 8. The van der Waals surface area contributed by atoms with Gasteiger partial charge in [0.15, 0.2) is 0 Å². The van der Waals surface area contributed by atoms with Gasteiger partial charge in [0, 0.05) is 9.05 Å². The Bertz CT molecular complexity index is 1680. The fourth-order valence-corrected chi connectivity index (χ4v) is 5.70. The van der Waals surface area contributed by atoms with E-state index in [0.717, 1.165) is 44.5 Å². The first-order chi connectivity index (χ1) is 22.9. The summed E-state index contributed by atoms with van der Waals surface area (Å²) < 4.78 is 35.8. The molecule has 0 N–H and O–H groups in total. The summed E-state index contributed by atoms with van der Waals surface area (Å²) in [6, 6.07) is 16.4. The molecule has 0 saturated carbocycles. The van der Waals surface area contributed by atoms with Crippen molar-refractivity contribution < 1.29 is 47.6 Å². The van der Waals surface area contributed by atoms with Crippen LogP contribution in [0.5, 0.6) is 0 Å². The van der Waals surface area contributed by atoms with Crippen molar-refractivity contribution in [1.82, 2.24) is 0 Å². The number of halogens is 2. The maximum absolute atomic E-state index is 12.8. The fourth-order valence-electron chi connectivity index (χ4n) is 5.70. The van der Waals surface area contributed by atoms with Gasteiger partial charge in [0.05, 0.1) is 35.5 Å². The van der Waals surface area contributed by atoms with Crippen molar-refractivity contribution in [1.29, 1.82) is 0 Å². The van der Waals surface area contributed by atoms with E-state index in [1.807, 2.05) is 65.8 Å². The minimum absolute atomic E-state index is 0.0828. The number of aryl methyl sites for hydroxylation is 4. The van der Waals surface area contributed by atoms with E-state index in [2.05, 4.69) is 9.88 Å². The second-order valence-corrected chi connectivity index (χ2v) is 10.7. The van der Waals surface area contributed by atoms with Crippen LogP contribution in [-0.4, -0.2) is 37.1 Å². The number of ether oxygens (including phenoxy) is 2. The van der Waals surface area contributed by atoms with Crippen LogP contribution in [0.3, 0.4) is 0 Å². The van der Waals surface area contributed by atoms with Crippen molar-refractivity contribution in [2.24, 2.45) is 0 Å². The molecule has 252 valence electrons. The molecule has 0 aliphatic carbocycles. The van der Waals surface area contributed by atoms with Gasteiger partial charge in [0.1, 0.15) is 0 Å². The monoisotopic (exact) mass is 660 g/mol. The third kappa shape index (κ3) is 8.12.